The van der Waals surface area contributed by atoms with E-state index in [0.29, 0.717) is 18.2 Å². The van der Waals surface area contributed by atoms with Gasteiger partial charge in [-0.25, -0.2) is 42.7 Å². The van der Waals surface area contributed by atoms with Gasteiger partial charge in [0.2, 0.25) is 0 Å². The average Bonchev–Trinajstić information content (AvgIpc) is 3.18. The van der Waals surface area contributed by atoms with Gasteiger partial charge in [0, 0.05) is 9.05 Å². The second-order valence-electron chi connectivity index (χ2n) is 11.1. The maximum atomic E-state index is 16.9. The topological polar surface area (TPSA) is 273 Å². The Balaban J connectivity index is 1.88. The van der Waals surface area contributed by atoms with Crippen molar-refractivity contribution in [3.8, 4) is 34.5 Å². The van der Waals surface area contributed by atoms with Crippen LogP contribution in [0.15, 0.2) is 84.9 Å². The number of hydrogen-bond acceptors (Lipinski definition) is 14. The van der Waals surface area contributed by atoms with Crippen LogP contribution < -0.4 is 18.9 Å². The lowest BCUT2D eigenvalue weighted by Gasteiger charge is -2.36. The number of halogens is 6. The summed E-state index contributed by atoms with van der Waals surface area (Å²) in [5, 5.41) is 38.0. The second-order valence-corrected chi connectivity index (χ2v) is 11.1. The molecule has 308 valence electrons. The largest absolute Gasteiger partial charge is 0.478 e. The van der Waals surface area contributed by atoms with Crippen molar-refractivity contribution >= 4 is 47.8 Å². The monoisotopic (exact) mass is 840 g/mol. The number of carbonyl (C=O) groups is 8. The second kappa shape index (κ2) is 16.9. The predicted molar refractivity (Wildman–Crippen MR) is 172 cm³/mol. The van der Waals surface area contributed by atoms with Crippen molar-refractivity contribution in [2.24, 2.45) is 5.41 Å². The molecule has 0 aliphatic rings. The van der Waals surface area contributed by atoms with Gasteiger partial charge in [-0.15, -0.1) is 0 Å². The highest BCUT2D eigenvalue weighted by atomic mass is 19.4. The molecule has 24 heteroatoms. The van der Waals surface area contributed by atoms with Gasteiger partial charge in [0.1, 0.15) is 22.6 Å². The molecule has 0 radical (unpaired) electrons. The number of esters is 2. The standard InChI is InChI=1S/C35H18F6O18/c36-34(35(37,38)39,32(53)57-20-12-4-2-10-18(20)55-22-14-6-8-16(26(44)45)24(22)28(48)49)33(30(51)58-40,31(52)59-41)29(50)56-19-11-3-1-9-17(19)54-21-13-5-7-15(25(42)43)23(21)27(46)47/h1-14H,(H,42,43)(H,44,45)(H,46,47)(H,48,49). The number of ether oxygens (including phenoxy) is 4. The molecule has 1 atom stereocenters. The molecule has 0 amide bonds. The van der Waals surface area contributed by atoms with E-state index in [1.165, 1.54) is 0 Å². The van der Waals surface area contributed by atoms with Crippen molar-refractivity contribution in [1.29, 1.82) is 0 Å². The van der Waals surface area contributed by atoms with Gasteiger partial charge < -0.3 is 39.4 Å². The van der Waals surface area contributed by atoms with Crippen LogP contribution in [0.3, 0.4) is 0 Å². The third-order valence-corrected chi connectivity index (χ3v) is 7.73. The normalized spacial score (nSPS) is 12.2. The summed E-state index contributed by atoms with van der Waals surface area (Å²) in [6.07, 6.45) is -7.14. The van der Waals surface area contributed by atoms with E-state index in [2.05, 4.69) is 19.4 Å². The van der Waals surface area contributed by atoms with E-state index in [1.807, 2.05) is 0 Å². The fourth-order valence-electron chi connectivity index (χ4n) is 5.12. The van der Waals surface area contributed by atoms with E-state index in [4.69, 9.17) is 9.47 Å². The van der Waals surface area contributed by atoms with Gasteiger partial charge in [-0.3, -0.25) is 9.88 Å². The third kappa shape index (κ3) is 7.94. The van der Waals surface area contributed by atoms with Crippen LogP contribution in [0.2, 0.25) is 0 Å². The van der Waals surface area contributed by atoms with Crippen LogP contribution in [0.5, 0.6) is 34.5 Å². The molecule has 0 aliphatic carbocycles. The predicted octanol–water partition coefficient (Wildman–Crippen LogP) is 5.69. The fourth-order valence-corrected chi connectivity index (χ4v) is 5.12. The maximum Gasteiger partial charge on any atom is 0.436 e. The zero-order valence-electron chi connectivity index (χ0n) is 28.4. The van der Waals surface area contributed by atoms with Gasteiger partial charge >= 0.3 is 65.0 Å². The maximum absolute atomic E-state index is 16.9. The van der Waals surface area contributed by atoms with Gasteiger partial charge in [0.15, 0.2) is 23.0 Å². The van der Waals surface area contributed by atoms with Crippen LogP contribution in [-0.2, 0) is 29.1 Å². The number of rotatable bonds is 15. The van der Waals surface area contributed by atoms with Crippen LogP contribution in [0.25, 0.3) is 0 Å². The SMILES string of the molecule is O=C(O)c1cccc(Oc2ccccc2OC(=O)C(C(=O)OF)(C(=O)OF)C(F)(C(=O)Oc2ccccc2Oc2cccc(C(=O)O)c2C(=O)O)C(F)(F)F)c1C(=O)O. The summed E-state index contributed by atoms with van der Waals surface area (Å²) in [5.41, 5.74) is -16.5. The zero-order chi connectivity index (χ0) is 44.0. The first-order chi connectivity index (χ1) is 27.7. The minimum Gasteiger partial charge on any atom is -0.478 e. The summed E-state index contributed by atoms with van der Waals surface area (Å²) < 4.78 is 109. The molecule has 0 aromatic heterocycles. The van der Waals surface area contributed by atoms with Crippen LogP contribution in [0.1, 0.15) is 41.4 Å². The molecule has 4 N–H and O–H groups in total. The lowest BCUT2D eigenvalue weighted by atomic mass is 9.71. The molecule has 4 aromatic rings. The zero-order valence-corrected chi connectivity index (χ0v) is 28.4. The van der Waals surface area contributed by atoms with Gasteiger partial charge in [-0.1, -0.05) is 36.4 Å². The Morgan fingerprint density at radius 2 is 0.763 bits per heavy atom. The lowest BCUT2D eigenvalue weighted by Crippen LogP contribution is -2.71. The number of carbonyl (C=O) groups excluding carboxylic acids is 4. The van der Waals surface area contributed by atoms with Gasteiger partial charge in [-0.2, -0.15) is 13.2 Å². The summed E-state index contributed by atoms with van der Waals surface area (Å²) >= 11 is 0. The first kappa shape index (κ1) is 43.5. The van der Waals surface area contributed by atoms with Gasteiger partial charge in [0.05, 0.1) is 11.1 Å². The number of hydrogen-bond donors (Lipinski definition) is 4. The van der Waals surface area contributed by atoms with Crippen LogP contribution >= 0.6 is 0 Å². The van der Waals surface area contributed by atoms with Gasteiger partial charge in [0.25, 0.3) is 0 Å². The molecule has 0 fully saturated rings. The smallest absolute Gasteiger partial charge is 0.436 e. The van der Waals surface area contributed by atoms with E-state index < -0.39 is 122 Å². The molecule has 0 spiro atoms. The third-order valence-electron chi connectivity index (χ3n) is 7.73. The molecular formula is C35H18F6O18. The Hall–Kier alpha value is -8.18. The fraction of sp³-hybridized carbons (Fsp3) is 0.0857. The van der Waals surface area contributed by atoms with E-state index in [-0.39, 0.29) is 0 Å². The Labute approximate surface area is 321 Å². The summed E-state index contributed by atoms with van der Waals surface area (Å²) in [6, 6.07) is 11.3. The quantitative estimate of drug-likeness (QED) is 0.0484. The van der Waals surface area contributed by atoms with E-state index in [1.54, 1.807) is 0 Å². The van der Waals surface area contributed by atoms with Crippen LogP contribution in [0.4, 0.5) is 26.6 Å². The van der Waals surface area contributed by atoms with E-state index >= 15 is 4.39 Å². The van der Waals surface area contributed by atoms with Crippen molar-refractivity contribution in [3.05, 3.63) is 107 Å². The molecule has 0 aliphatic heterocycles. The molecule has 0 heterocycles. The highest BCUT2D eigenvalue weighted by Gasteiger charge is 2.87. The first-order valence-corrected chi connectivity index (χ1v) is 15.3. The minimum absolute atomic E-state index is 0.505. The summed E-state index contributed by atoms with van der Waals surface area (Å²) in [6.45, 7) is 0. The molecule has 59 heavy (non-hydrogen) atoms. The minimum atomic E-state index is -7.14. The molecule has 0 saturated carbocycles. The average molecular weight is 840 g/mol. The van der Waals surface area contributed by atoms with Crippen molar-refractivity contribution in [2.75, 3.05) is 0 Å². The first-order valence-electron chi connectivity index (χ1n) is 15.3. The van der Waals surface area contributed by atoms with Crippen molar-refractivity contribution in [3.63, 3.8) is 0 Å². The molecule has 0 bridgehead atoms. The molecule has 4 aromatic carbocycles. The summed E-state index contributed by atoms with van der Waals surface area (Å²) in [5.74, 6) is -28.2. The van der Waals surface area contributed by atoms with Gasteiger partial charge in [-0.05, 0) is 48.5 Å². The number of benzene rings is 4. The Morgan fingerprint density at radius 3 is 1.08 bits per heavy atom. The van der Waals surface area contributed by atoms with E-state index in [0.717, 1.165) is 66.7 Å². The Morgan fingerprint density at radius 1 is 0.424 bits per heavy atom. The highest BCUT2D eigenvalue weighted by Crippen LogP contribution is 2.52. The number of carboxylic acids is 4. The van der Waals surface area contributed by atoms with Crippen LogP contribution in [-0.4, -0.2) is 80.0 Å². The summed E-state index contributed by atoms with van der Waals surface area (Å²) in [4.78, 5) is 105. The van der Waals surface area contributed by atoms with Crippen molar-refractivity contribution < 1.29 is 114 Å². The van der Waals surface area contributed by atoms with Crippen molar-refractivity contribution in [2.45, 2.75) is 11.8 Å². The summed E-state index contributed by atoms with van der Waals surface area (Å²) in [7, 11) is 0. The Kier molecular flexibility index (Phi) is 12.5. The number of carboxylic acid groups (broad SMARTS) is 4. The number of para-hydroxylation sites is 4. The number of aromatic carboxylic acids is 4. The molecule has 4 rings (SSSR count). The molecule has 18 nitrogen and oxygen atoms in total. The highest BCUT2D eigenvalue weighted by molar-refractivity contribution is 6.23. The molecule has 1 unspecified atom stereocenters. The van der Waals surface area contributed by atoms with E-state index in [9.17, 15) is 81.0 Å². The molecular weight excluding hydrogens is 822 g/mol. The Bertz CT molecular complexity index is 2380. The van der Waals surface area contributed by atoms with Crippen molar-refractivity contribution in [1.82, 2.24) is 0 Å². The van der Waals surface area contributed by atoms with Crippen LogP contribution in [0, 0.1) is 5.41 Å². The molecule has 0 saturated heterocycles. The number of alkyl halides is 4. The lowest BCUT2D eigenvalue weighted by molar-refractivity contribution is -0.282.